The van der Waals surface area contributed by atoms with E-state index in [2.05, 4.69) is 5.32 Å². The van der Waals surface area contributed by atoms with Gasteiger partial charge in [-0.05, 0) is 19.4 Å². The van der Waals surface area contributed by atoms with E-state index in [1.807, 2.05) is 0 Å². The van der Waals surface area contributed by atoms with Crippen molar-refractivity contribution in [3.05, 3.63) is 0 Å². The van der Waals surface area contributed by atoms with Gasteiger partial charge in [0.15, 0.2) is 0 Å². The molecular weight excluding hydrogens is 221 g/mol. The fourth-order valence-corrected chi connectivity index (χ4v) is 1.62. The summed E-state index contributed by atoms with van der Waals surface area (Å²) in [6, 6.07) is 0. The van der Waals surface area contributed by atoms with Crippen LogP contribution in [0.4, 0.5) is 22.0 Å². The van der Waals surface area contributed by atoms with Crippen molar-refractivity contribution in [2.45, 2.75) is 37.0 Å². The van der Waals surface area contributed by atoms with Gasteiger partial charge in [0.2, 0.25) is 0 Å². The van der Waals surface area contributed by atoms with Crippen LogP contribution >= 0.6 is 0 Å². The first-order chi connectivity index (χ1) is 6.66. The zero-order valence-corrected chi connectivity index (χ0v) is 7.87. The first kappa shape index (κ1) is 12.6. The van der Waals surface area contributed by atoms with Gasteiger partial charge in [0, 0.05) is 6.54 Å². The number of hydrogen-bond acceptors (Lipinski definition) is 2. The molecular formula is C8H12F5NO. The quantitative estimate of drug-likeness (QED) is 0.711. The van der Waals surface area contributed by atoms with Crippen molar-refractivity contribution >= 4 is 0 Å². The Bertz CT molecular complexity index is 222. The monoisotopic (exact) mass is 233 g/mol. The molecule has 0 spiro atoms. The Morgan fingerprint density at radius 2 is 1.80 bits per heavy atom. The van der Waals surface area contributed by atoms with Crippen LogP contribution < -0.4 is 5.32 Å². The molecule has 0 aromatic rings. The summed E-state index contributed by atoms with van der Waals surface area (Å²) in [5.41, 5.74) is -1.96. The van der Waals surface area contributed by atoms with E-state index in [1.54, 1.807) is 0 Å². The van der Waals surface area contributed by atoms with Gasteiger partial charge in [0.05, 0.1) is 12.0 Å². The highest BCUT2D eigenvalue weighted by molar-refractivity contribution is 4.92. The fourth-order valence-electron chi connectivity index (χ4n) is 1.62. The molecule has 1 atom stereocenters. The molecule has 0 bridgehead atoms. The van der Waals surface area contributed by atoms with Crippen molar-refractivity contribution in [1.29, 1.82) is 0 Å². The van der Waals surface area contributed by atoms with Gasteiger partial charge < -0.3 is 10.4 Å². The molecule has 1 aliphatic rings. The second kappa shape index (κ2) is 3.86. The maximum absolute atomic E-state index is 12.6. The topological polar surface area (TPSA) is 32.3 Å². The largest absolute Gasteiger partial charge is 0.453 e. The molecule has 0 aromatic carbocycles. The molecule has 2 nitrogen and oxygen atoms in total. The van der Waals surface area contributed by atoms with Gasteiger partial charge in [-0.2, -0.15) is 22.0 Å². The van der Waals surface area contributed by atoms with Gasteiger partial charge in [-0.25, -0.2) is 0 Å². The average Bonchev–Trinajstić information content (AvgIpc) is 2.00. The maximum Gasteiger partial charge on any atom is 0.453 e. The number of rotatable bonds is 2. The Kier molecular flexibility index (Phi) is 3.25. The first-order valence-corrected chi connectivity index (χ1v) is 4.54. The Morgan fingerprint density at radius 3 is 2.20 bits per heavy atom. The van der Waals surface area contributed by atoms with Gasteiger partial charge in [-0.15, -0.1) is 0 Å². The Hall–Kier alpha value is -0.430. The summed E-state index contributed by atoms with van der Waals surface area (Å²) in [4.78, 5) is 0. The highest BCUT2D eigenvalue weighted by Crippen LogP contribution is 2.42. The standard InChI is InChI=1S/C8H12F5NO/c9-7(10,8(11,12)13)4-6(15)2-1-3-14-5-6/h14-15H,1-5H2. The van der Waals surface area contributed by atoms with E-state index in [0.29, 0.717) is 13.0 Å². The number of alkyl halides is 5. The van der Waals surface area contributed by atoms with Crippen LogP contribution in [-0.4, -0.2) is 35.9 Å². The minimum Gasteiger partial charge on any atom is -0.388 e. The van der Waals surface area contributed by atoms with Crippen molar-refractivity contribution in [2.75, 3.05) is 13.1 Å². The van der Waals surface area contributed by atoms with Crippen molar-refractivity contribution in [3.8, 4) is 0 Å². The summed E-state index contributed by atoms with van der Waals surface area (Å²) in [6.07, 6.45) is -6.81. The van der Waals surface area contributed by atoms with Crippen LogP contribution in [0.1, 0.15) is 19.3 Å². The molecule has 0 aliphatic carbocycles. The Balaban J connectivity index is 2.67. The molecule has 1 saturated heterocycles. The van der Waals surface area contributed by atoms with E-state index in [0.717, 1.165) is 0 Å². The van der Waals surface area contributed by atoms with Gasteiger partial charge in [0.25, 0.3) is 0 Å². The van der Waals surface area contributed by atoms with Crippen LogP contribution in [0.15, 0.2) is 0 Å². The maximum atomic E-state index is 12.6. The van der Waals surface area contributed by atoms with E-state index in [9.17, 15) is 27.1 Å². The Morgan fingerprint density at radius 1 is 1.20 bits per heavy atom. The minimum absolute atomic E-state index is 0.0360. The molecule has 7 heteroatoms. The number of nitrogens with one attached hydrogen (secondary N) is 1. The lowest BCUT2D eigenvalue weighted by Crippen LogP contribution is -2.52. The van der Waals surface area contributed by atoms with Gasteiger partial charge >= 0.3 is 12.1 Å². The summed E-state index contributed by atoms with van der Waals surface area (Å²) in [5.74, 6) is -4.83. The summed E-state index contributed by atoms with van der Waals surface area (Å²) < 4.78 is 60.9. The van der Waals surface area contributed by atoms with E-state index >= 15 is 0 Å². The lowest BCUT2D eigenvalue weighted by molar-refractivity contribution is -0.297. The third-order valence-electron chi connectivity index (χ3n) is 2.42. The van der Waals surface area contributed by atoms with Crippen LogP contribution in [0, 0.1) is 0 Å². The number of aliphatic hydroxyl groups is 1. The molecule has 1 aliphatic heterocycles. The number of hydrogen-bond donors (Lipinski definition) is 2. The Labute approximate surface area is 83.5 Å². The first-order valence-electron chi connectivity index (χ1n) is 4.54. The predicted octanol–water partition coefficient (Wildman–Crippen LogP) is 1.69. The van der Waals surface area contributed by atoms with Crippen molar-refractivity contribution in [2.24, 2.45) is 0 Å². The van der Waals surface area contributed by atoms with Gasteiger partial charge in [-0.3, -0.25) is 0 Å². The van der Waals surface area contributed by atoms with Gasteiger partial charge in [-0.1, -0.05) is 0 Å². The third-order valence-corrected chi connectivity index (χ3v) is 2.42. The molecule has 0 saturated carbocycles. The van der Waals surface area contributed by atoms with Crippen LogP contribution in [0.3, 0.4) is 0 Å². The molecule has 0 aromatic heterocycles. The van der Waals surface area contributed by atoms with Crippen molar-refractivity contribution in [1.82, 2.24) is 5.32 Å². The van der Waals surface area contributed by atoms with Crippen LogP contribution in [-0.2, 0) is 0 Å². The predicted molar refractivity (Wildman–Crippen MR) is 42.7 cm³/mol. The van der Waals surface area contributed by atoms with E-state index in [1.165, 1.54) is 0 Å². The molecule has 15 heavy (non-hydrogen) atoms. The van der Waals surface area contributed by atoms with Crippen molar-refractivity contribution in [3.63, 3.8) is 0 Å². The molecule has 0 amide bonds. The summed E-state index contributed by atoms with van der Waals surface area (Å²) >= 11 is 0. The normalized spacial score (nSPS) is 29.2. The second-order valence-corrected chi connectivity index (χ2v) is 3.88. The molecule has 90 valence electrons. The van der Waals surface area contributed by atoms with Crippen LogP contribution in [0.5, 0.6) is 0 Å². The molecule has 2 N–H and O–H groups in total. The highest BCUT2D eigenvalue weighted by atomic mass is 19.4. The van der Waals surface area contributed by atoms with Crippen molar-refractivity contribution < 1.29 is 27.1 Å². The molecule has 0 radical (unpaired) electrons. The summed E-state index contributed by atoms with van der Waals surface area (Å²) in [5, 5.41) is 12.1. The average molecular weight is 233 g/mol. The van der Waals surface area contributed by atoms with E-state index in [4.69, 9.17) is 0 Å². The minimum atomic E-state index is -5.60. The lowest BCUT2D eigenvalue weighted by Gasteiger charge is -2.35. The molecule has 1 heterocycles. The lowest BCUT2D eigenvalue weighted by atomic mass is 9.88. The summed E-state index contributed by atoms with van der Waals surface area (Å²) in [6.45, 7) is 0.304. The summed E-state index contributed by atoms with van der Waals surface area (Å²) in [7, 11) is 0. The smallest absolute Gasteiger partial charge is 0.388 e. The zero-order valence-electron chi connectivity index (χ0n) is 7.87. The number of halogens is 5. The molecule has 1 rings (SSSR count). The SMILES string of the molecule is OC1(CC(F)(F)C(F)(F)F)CCCNC1. The molecule has 1 fully saturated rings. The third kappa shape index (κ3) is 3.01. The number of piperidine rings is 1. The highest BCUT2D eigenvalue weighted by Gasteiger charge is 2.60. The second-order valence-electron chi connectivity index (χ2n) is 3.88. The van der Waals surface area contributed by atoms with E-state index < -0.39 is 24.1 Å². The van der Waals surface area contributed by atoms with Crippen LogP contribution in [0.25, 0.3) is 0 Å². The molecule has 1 unspecified atom stereocenters. The van der Waals surface area contributed by atoms with Crippen LogP contribution in [0.2, 0.25) is 0 Å². The van der Waals surface area contributed by atoms with Gasteiger partial charge in [0.1, 0.15) is 0 Å². The fraction of sp³-hybridized carbons (Fsp3) is 1.00. The number of β-amino-alcohol motifs (C(OH)–C–C–N with tert-alkyl or cyclic N) is 1. The van der Waals surface area contributed by atoms with E-state index in [-0.39, 0.29) is 13.0 Å². The zero-order chi connectivity index (χ0) is 11.7.